The lowest BCUT2D eigenvalue weighted by Crippen LogP contribution is -2.00. The third-order valence-electron chi connectivity index (χ3n) is 4.17. The van der Waals surface area contributed by atoms with E-state index >= 15 is 0 Å². The van der Waals surface area contributed by atoms with Gasteiger partial charge in [-0.1, -0.05) is 36.4 Å². The molecule has 0 spiro atoms. The van der Waals surface area contributed by atoms with Gasteiger partial charge in [0.05, 0.1) is 12.2 Å². The summed E-state index contributed by atoms with van der Waals surface area (Å²) in [4.78, 5) is 9.29. The molecule has 0 amide bonds. The minimum atomic E-state index is 0.634. The highest BCUT2D eigenvalue weighted by Gasteiger charge is 2.08. The van der Waals surface area contributed by atoms with E-state index in [1.807, 2.05) is 20.1 Å². The highest BCUT2D eigenvalue weighted by molar-refractivity contribution is 5.99. The first-order valence-electron chi connectivity index (χ1n) is 8.29. The second-order valence-electron chi connectivity index (χ2n) is 6.18. The lowest BCUT2D eigenvalue weighted by Gasteiger charge is -2.12. The Bertz CT molecular complexity index is 811. The average Bonchev–Trinajstić information content (AvgIpc) is 2.55. The lowest BCUT2D eigenvalue weighted by molar-refractivity contribution is 1.05. The Morgan fingerprint density at radius 3 is 2.38 bits per heavy atom. The quantitative estimate of drug-likeness (QED) is 0.598. The number of allylic oxidation sites excluding steroid dienone is 1. The molecule has 0 saturated heterocycles. The van der Waals surface area contributed by atoms with Crippen molar-refractivity contribution >= 4 is 23.2 Å². The normalized spacial score (nSPS) is 12.0. The number of benzene rings is 2. The number of hydrogen-bond donors (Lipinski definition) is 0. The molecular weight excluding hydrogens is 292 g/mol. The number of hydrogen-bond acceptors (Lipinski definition) is 2. The maximum absolute atomic E-state index is 4.82. The van der Waals surface area contributed by atoms with E-state index in [0.29, 0.717) is 6.54 Å². The maximum Gasteiger partial charge on any atom is 0.0658 e. The van der Waals surface area contributed by atoms with Crippen molar-refractivity contribution < 1.29 is 0 Å². The molecule has 0 fully saturated rings. The van der Waals surface area contributed by atoms with Gasteiger partial charge in [0.15, 0.2) is 0 Å². The molecule has 0 aliphatic heterocycles. The molecule has 0 bridgehead atoms. The highest BCUT2D eigenvalue weighted by Crippen LogP contribution is 2.28. The molecule has 2 heteroatoms. The standard InChI is InChI=1S/C22H26N2/c1-7-23-22-13-19(21(15(2)3)12-17(22)5)14-24-18(6)20-11-9-8-10-16(20)4/h7-13H,2,14H2,1,3-6H3. The van der Waals surface area contributed by atoms with Crippen molar-refractivity contribution in [3.05, 3.63) is 70.8 Å². The van der Waals surface area contributed by atoms with Gasteiger partial charge in [0.25, 0.3) is 0 Å². The summed E-state index contributed by atoms with van der Waals surface area (Å²) in [6, 6.07) is 12.6. The molecule has 2 nitrogen and oxygen atoms in total. The summed E-state index contributed by atoms with van der Waals surface area (Å²) < 4.78 is 0. The summed E-state index contributed by atoms with van der Waals surface area (Å²) in [6.07, 6.45) is 1.83. The second kappa shape index (κ2) is 7.87. The molecule has 0 aliphatic carbocycles. The van der Waals surface area contributed by atoms with Crippen LogP contribution in [0, 0.1) is 13.8 Å². The molecule has 0 radical (unpaired) electrons. The van der Waals surface area contributed by atoms with Gasteiger partial charge < -0.3 is 0 Å². The minimum absolute atomic E-state index is 0.634. The van der Waals surface area contributed by atoms with E-state index in [1.54, 1.807) is 0 Å². The minimum Gasteiger partial charge on any atom is -0.285 e. The molecule has 2 rings (SSSR count). The number of nitrogens with zero attached hydrogens (tertiary/aromatic N) is 2. The van der Waals surface area contributed by atoms with E-state index in [2.05, 4.69) is 68.7 Å². The summed E-state index contributed by atoms with van der Waals surface area (Å²) >= 11 is 0. The summed E-state index contributed by atoms with van der Waals surface area (Å²) in [5.41, 5.74) is 9.07. The Kier molecular flexibility index (Phi) is 5.86. The van der Waals surface area contributed by atoms with Crippen LogP contribution in [0.1, 0.15) is 48.6 Å². The summed E-state index contributed by atoms with van der Waals surface area (Å²) in [5, 5.41) is 0. The van der Waals surface area contributed by atoms with E-state index in [1.165, 1.54) is 22.3 Å². The maximum atomic E-state index is 4.82. The smallest absolute Gasteiger partial charge is 0.0658 e. The Balaban J connectivity index is 2.41. The van der Waals surface area contributed by atoms with Gasteiger partial charge in [-0.2, -0.15) is 0 Å². The van der Waals surface area contributed by atoms with Crippen LogP contribution in [0.15, 0.2) is 53.0 Å². The SMILES string of the molecule is C=C(C)c1cc(C)c(N=CC)cc1CN=C(C)c1ccccc1C. The monoisotopic (exact) mass is 318 g/mol. The Morgan fingerprint density at radius 1 is 1.04 bits per heavy atom. The molecule has 2 aromatic rings. The molecule has 0 unspecified atom stereocenters. The van der Waals surface area contributed by atoms with Gasteiger partial charge in [0, 0.05) is 11.9 Å². The van der Waals surface area contributed by atoms with Crippen LogP contribution in [0.5, 0.6) is 0 Å². The van der Waals surface area contributed by atoms with Crippen LogP contribution in [0.3, 0.4) is 0 Å². The van der Waals surface area contributed by atoms with Crippen LogP contribution in [-0.2, 0) is 6.54 Å². The van der Waals surface area contributed by atoms with E-state index in [4.69, 9.17) is 4.99 Å². The van der Waals surface area contributed by atoms with Gasteiger partial charge in [0.1, 0.15) is 0 Å². The van der Waals surface area contributed by atoms with Gasteiger partial charge in [-0.3, -0.25) is 9.98 Å². The van der Waals surface area contributed by atoms with Crippen LogP contribution in [0.2, 0.25) is 0 Å². The predicted octanol–water partition coefficient (Wildman–Crippen LogP) is 6.07. The molecule has 24 heavy (non-hydrogen) atoms. The number of aliphatic imine (C=N–C) groups is 2. The summed E-state index contributed by atoms with van der Waals surface area (Å²) in [6.45, 7) is 15.0. The Hall–Kier alpha value is -2.48. The summed E-state index contributed by atoms with van der Waals surface area (Å²) in [7, 11) is 0. The van der Waals surface area contributed by atoms with Crippen molar-refractivity contribution in [3.63, 3.8) is 0 Å². The predicted molar refractivity (Wildman–Crippen MR) is 107 cm³/mol. The van der Waals surface area contributed by atoms with Gasteiger partial charge >= 0.3 is 0 Å². The van der Waals surface area contributed by atoms with Gasteiger partial charge in [0.2, 0.25) is 0 Å². The third kappa shape index (κ3) is 4.08. The zero-order valence-corrected chi connectivity index (χ0v) is 15.4. The van der Waals surface area contributed by atoms with Crippen LogP contribution < -0.4 is 0 Å². The lowest BCUT2D eigenvalue weighted by atomic mass is 9.98. The van der Waals surface area contributed by atoms with Crippen molar-refractivity contribution in [2.24, 2.45) is 9.98 Å². The number of rotatable bonds is 5. The first-order valence-corrected chi connectivity index (χ1v) is 8.29. The zero-order chi connectivity index (χ0) is 17.7. The average molecular weight is 318 g/mol. The first kappa shape index (κ1) is 17.9. The molecule has 0 N–H and O–H groups in total. The largest absolute Gasteiger partial charge is 0.285 e. The van der Waals surface area contributed by atoms with Gasteiger partial charge in [-0.15, -0.1) is 0 Å². The Morgan fingerprint density at radius 2 is 1.75 bits per heavy atom. The fourth-order valence-electron chi connectivity index (χ4n) is 2.81. The van der Waals surface area contributed by atoms with Crippen LogP contribution in [0.25, 0.3) is 5.57 Å². The van der Waals surface area contributed by atoms with Crippen LogP contribution >= 0.6 is 0 Å². The van der Waals surface area contributed by atoms with Gasteiger partial charge in [-0.25, -0.2) is 0 Å². The molecule has 0 heterocycles. The van der Waals surface area contributed by atoms with Crippen molar-refractivity contribution in [1.82, 2.24) is 0 Å². The second-order valence-corrected chi connectivity index (χ2v) is 6.18. The van der Waals surface area contributed by atoms with Crippen molar-refractivity contribution in [2.75, 3.05) is 0 Å². The fraction of sp³-hybridized carbons (Fsp3) is 0.273. The molecule has 2 aromatic carbocycles. The molecule has 0 atom stereocenters. The van der Waals surface area contributed by atoms with Crippen molar-refractivity contribution in [3.8, 4) is 0 Å². The number of aryl methyl sites for hydroxylation is 2. The first-order chi connectivity index (χ1) is 11.4. The van der Waals surface area contributed by atoms with E-state index in [9.17, 15) is 0 Å². The molecular formula is C22H26N2. The molecule has 0 aromatic heterocycles. The fourth-order valence-corrected chi connectivity index (χ4v) is 2.81. The van der Waals surface area contributed by atoms with Gasteiger partial charge in [-0.05, 0) is 74.6 Å². The van der Waals surface area contributed by atoms with Crippen molar-refractivity contribution in [1.29, 1.82) is 0 Å². The topological polar surface area (TPSA) is 24.7 Å². The molecule has 0 saturated carbocycles. The Labute approximate surface area is 145 Å². The zero-order valence-electron chi connectivity index (χ0n) is 15.4. The van der Waals surface area contributed by atoms with Crippen molar-refractivity contribution in [2.45, 2.75) is 41.2 Å². The highest BCUT2D eigenvalue weighted by atomic mass is 14.7. The van der Waals surface area contributed by atoms with Crippen LogP contribution in [-0.4, -0.2) is 11.9 Å². The third-order valence-corrected chi connectivity index (χ3v) is 4.17. The van der Waals surface area contributed by atoms with E-state index in [0.717, 1.165) is 22.5 Å². The summed E-state index contributed by atoms with van der Waals surface area (Å²) in [5.74, 6) is 0. The van der Waals surface area contributed by atoms with E-state index in [-0.39, 0.29) is 0 Å². The van der Waals surface area contributed by atoms with Crippen LogP contribution in [0.4, 0.5) is 5.69 Å². The molecule has 124 valence electrons. The van der Waals surface area contributed by atoms with E-state index < -0.39 is 0 Å². The molecule has 0 aliphatic rings.